The van der Waals surface area contributed by atoms with Gasteiger partial charge in [-0.25, -0.2) is 13.2 Å². The minimum atomic E-state index is -4.48. The third-order valence-corrected chi connectivity index (χ3v) is 7.57. The number of anilines is 1. The van der Waals surface area contributed by atoms with Crippen molar-refractivity contribution in [3.8, 4) is 5.75 Å². The van der Waals surface area contributed by atoms with Crippen molar-refractivity contribution in [2.75, 3.05) is 18.4 Å². The third-order valence-electron chi connectivity index (χ3n) is 5.65. The summed E-state index contributed by atoms with van der Waals surface area (Å²) in [6.07, 6.45) is -6.56. The number of ether oxygens (including phenoxy) is 2. The van der Waals surface area contributed by atoms with E-state index in [0.29, 0.717) is 18.5 Å². The summed E-state index contributed by atoms with van der Waals surface area (Å²) < 4.78 is 75.3. The summed E-state index contributed by atoms with van der Waals surface area (Å²) in [5.74, 6) is 0.0119. The van der Waals surface area contributed by atoms with Crippen molar-refractivity contribution in [3.63, 3.8) is 0 Å². The molecule has 1 fully saturated rings. The van der Waals surface area contributed by atoms with Crippen LogP contribution in [0.4, 0.5) is 23.7 Å². The van der Waals surface area contributed by atoms with E-state index < -0.39 is 34.0 Å². The molecular formula is C23H27F3N2O5S. The van der Waals surface area contributed by atoms with Gasteiger partial charge in [0.1, 0.15) is 11.4 Å². The summed E-state index contributed by atoms with van der Waals surface area (Å²) in [7, 11) is -3.63. The molecule has 3 rings (SSSR count). The second kappa shape index (κ2) is 9.83. The van der Waals surface area contributed by atoms with Gasteiger partial charge in [0.25, 0.3) is 0 Å². The molecule has 34 heavy (non-hydrogen) atoms. The second-order valence-electron chi connectivity index (χ2n) is 8.51. The van der Waals surface area contributed by atoms with Gasteiger partial charge < -0.3 is 9.47 Å². The lowest BCUT2D eigenvalue weighted by atomic mass is 9.95. The first-order valence-electron chi connectivity index (χ1n) is 10.7. The summed E-state index contributed by atoms with van der Waals surface area (Å²) in [6, 6.07) is 12.1. The molecule has 0 bridgehead atoms. The van der Waals surface area contributed by atoms with Crippen molar-refractivity contribution in [3.05, 3.63) is 54.1 Å². The Morgan fingerprint density at radius 1 is 1.06 bits per heavy atom. The number of alkyl halides is 3. The summed E-state index contributed by atoms with van der Waals surface area (Å²) >= 11 is 0. The molecule has 1 amide bonds. The number of sulfonamides is 1. The molecule has 1 atom stereocenters. The molecule has 7 nitrogen and oxygen atoms in total. The molecule has 1 aliphatic rings. The van der Waals surface area contributed by atoms with Crippen LogP contribution in [0.2, 0.25) is 0 Å². The van der Waals surface area contributed by atoms with Gasteiger partial charge in [0.2, 0.25) is 10.0 Å². The largest absolute Gasteiger partial charge is 0.481 e. The Balaban J connectivity index is 1.53. The predicted molar refractivity (Wildman–Crippen MR) is 120 cm³/mol. The first-order valence-corrected chi connectivity index (χ1v) is 12.1. The number of carbonyl (C=O) groups excluding carboxylic acids is 1. The number of amides is 1. The Kier molecular flexibility index (Phi) is 7.47. The van der Waals surface area contributed by atoms with Crippen molar-refractivity contribution in [1.29, 1.82) is 0 Å². The summed E-state index contributed by atoms with van der Waals surface area (Å²) in [5.41, 5.74) is 0.414. The zero-order valence-corrected chi connectivity index (χ0v) is 19.9. The van der Waals surface area contributed by atoms with E-state index in [1.54, 1.807) is 31.2 Å². The molecule has 2 aromatic rings. The molecule has 0 saturated carbocycles. The number of benzene rings is 2. The highest BCUT2D eigenvalue weighted by molar-refractivity contribution is 7.89. The quantitative estimate of drug-likeness (QED) is 0.596. The average Bonchev–Trinajstić information content (AvgIpc) is 2.74. The molecule has 1 N–H and O–H groups in total. The molecule has 0 spiro atoms. The Morgan fingerprint density at radius 3 is 2.15 bits per heavy atom. The molecule has 1 aliphatic heterocycles. The van der Waals surface area contributed by atoms with Gasteiger partial charge in [0, 0.05) is 31.6 Å². The molecule has 0 radical (unpaired) electrons. The fourth-order valence-electron chi connectivity index (χ4n) is 3.42. The molecule has 0 aliphatic carbocycles. The van der Waals surface area contributed by atoms with Crippen LogP contribution in [0.15, 0.2) is 53.4 Å². The van der Waals surface area contributed by atoms with Crippen LogP contribution < -0.4 is 10.1 Å². The van der Waals surface area contributed by atoms with E-state index in [0.717, 1.165) is 12.5 Å². The van der Waals surface area contributed by atoms with Crippen LogP contribution in [0, 0.1) is 6.92 Å². The van der Waals surface area contributed by atoms with Crippen LogP contribution in [-0.4, -0.2) is 49.8 Å². The summed E-state index contributed by atoms with van der Waals surface area (Å²) in [4.78, 5) is 12.6. The second-order valence-corrected chi connectivity index (χ2v) is 10.4. The molecule has 1 unspecified atom stereocenters. The minimum absolute atomic E-state index is 0.0119. The van der Waals surface area contributed by atoms with E-state index in [4.69, 9.17) is 9.47 Å². The number of rotatable bonds is 6. The van der Waals surface area contributed by atoms with Gasteiger partial charge in [-0.3, -0.25) is 5.32 Å². The van der Waals surface area contributed by atoms with E-state index in [1.165, 1.54) is 28.6 Å². The topological polar surface area (TPSA) is 84.9 Å². The maximum absolute atomic E-state index is 12.9. The molecular weight excluding hydrogens is 473 g/mol. The van der Waals surface area contributed by atoms with Crippen LogP contribution in [-0.2, 0) is 14.8 Å². The molecule has 11 heteroatoms. The van der Waals surface area contributed by atoms with Gasteiger partial charge in [0.15, 0.2) is 6.10 Å². The van der Waals surface area contributed by atoms with Crippen molar-refractivity contribution < 1.29 is 35.9 Å². The number of nitrogens with zero attached hydrogens (tertiary/aromatic N) is 1. The highest BCUT2D eigenvalue weighted by Gasteiger charge is 2.39. The third kappa shape index (κ3) is 6.41. The van der Waals surface area contributed by atoms with E-state index in [9.17, 15) is 26.4 Å². The number of hydrogen-bond donors (Lipinski definition) is 1. The van der Waals surface area contributed by atoms with Crippen molar-refractivity contribution in [2.45, 2.75) is 56.4 Å². The van der Waals surface area contributed by atoms with Gasteiger partial charge in [-0.05, 0) is 57.2 Å². The summed E-state index contributed by atoms with van der Waals surface area (Å²) in [5, 5.41) is 2.53. The molecule has 186 valence electrons. The van der Waals surface area contributed by atoms with E-state index >= 15 is 0 Å². The van der Waals surface area contributed by atoms with Crippen LogP contribution in [0.1, 0.15) is 32.3 Å². The number of hydrogen-bond acceptors (Lipinski definition) is 5. The lowest BCUT2D eigenvalue weighted by Crippen LogP contribution is -2.47. The maximum atomic E-state index is 12.9. The highest BCUT2D eigenvalue weighted by Crippen LogP contribution is 2.30. The van der Waals surface area contributed by atoms with Crippen LogP contribution in [0.3, 0.4) is 0 Å². The molecule has 2 aromatic carbocycles. The van der Waals surface area contributed by atoms with Crippen molar-refractivity contribution in [2.24, 2.45) is 0 Å². The van der Waals surface area contributed by atoms with E-state index in [1.807, 2.05) is 6.92 Å². The smallest absolute Gasteiger partial charge is 0.425 e. The Hall–Kier alpha value is -2.79. The lowest BCUT2D eigenvalue weighted by Gasteiger charge is -2.38. The predicted octanol–water partition coefficient (Wildman–Crippen LogP) is 5.12. The minimum Gasteiger partial charge on any atom is -0.481 e. The Labute approximate surface area is 196 Å². The number of piperidine rings is 1. The normalized spacial score (nSPS) is 17.6. The number of carbonyl (C=O) groups is 1. The standard InChI is InChI=1S/C23H27F3N2O5S/c1-16-4-10-20(11-5-16)34(30,31)28-14-12-22(3,13-15-28)33-21(29)27-18-6-8-19(9-7-18)32-17(2)23(24,25)26/h4-11,17H,12-15H2,1-3H3,(H,27,29). The zero-order valence-electron chi connectivity index (χ0n) is 19.1. The van der Waals surface area contributed by atoms with Gasteiger partial charge >= 0.3 is 12.3 Å². The van der Waals surface area contributed by atoms with Gasteiger partial charge in [-0.15, -0.1) is 0 Å². The van der Waals surface area contributed by atoms with Gasteiger partial charge in [-0.1, -0.05) is 17.7 Å². The van der Waals surface area contributed by atoms with Crippen molar-refractivity contribution >= 4 is 21.8 Å². The fourth-order valence-corrected chi connectivity index (χ4v) is 4.86. The van der Waals surface area contributed by atoms with Crippen molar-refractivity contribution in [1.82, 2.24) is 4.31 Å². The SMILES string of the molecule is Cc1ccc(S(=O)(=O)N2CCC(C)(OC(=O)Nc3ccc(OC(C)C(F)(F)F)cc3)CC2)cc1. The van der Waals surface area contributed by atoms with Gasteiger partial charge in [-0.2, -0.15) is 17.5 Å². The molecule has 1 saturated heterocycles. The first-order chi connectivity index (χ1) is 15.8. The Morgan fingerprint density at radius 2 is 1.62 bits per heavy atom. The average molecular weight is 501 g/mol. The zero-order chi connectivity index (χ0) is 25.1. The van der Waals surface area contributed by atoms with E-state index in [2.05, 4.69) is 5.32 Å². The highest BCUT2D eigenvalue weighted by atomic mass is 32.2. The number of nitrogens with one attached hydrogen (secondary N) is 1. The van der Waals surface area contributed by atoms with E-state index in [-0.39, 0.29) is 23.7 Å². The first kappa shape index (κ1) is 25.8. The maximum Gasteiger partial charge on any atom is 0.425 e. The Bertz CT molecular complexity index is 1090. The summed E-state index contributed by atoms with van der Waals surface area (Å²) in [6.45, 7) is 4.91. The van der Waals surface area contributed by atoms with Gasteiger partial charge in [0.05, 0.1) is 4.90 Å². The molecule has 0 aromatic heterocycles. The molecule has 1 heterocycles. The number of halogens is 3. The van der Waals surface area contributed by atoms with Crippen LogP contribution >= 0.6 is 0 Å². The lowest BCUT2D eigenvalue weighted by molar-refractivity contribution is -0.189. The van der Waals surface area contributed by atoms with Crippen LogP contribution in [0.5, 0.6) is 5.75 Å². The van der Waals surface area contributed by atoms with Crippen LogP contribution in [0.25, 0.3) is 0 Å². The number of aryl methyl sites for hydroxylation is 1. The monoisotopic (exact) mass is 500 g/mol. The fraction of sp³-hybridized carbons (Fsp3) is 0.435.